The average Bonchev–Trinajstić information content (AvgIpc) is 3.24. The van der Waals surface area contributed by atoms with Crippen molar-refractivity contribution in [1.82, 2.24) is 15.6 Å². The molecule has 0 aliphatic heterocycles. The predicted molar refractivity (Wildman–Crippen MR) is 139 cm³/mol. The third-order valence-electron chi connectivity index (χ3n) is 6.96. The maximum atomic E-state index is 14.0. The second-order valence-corrected chi connectivity index (χ2v) is 10.5. The Hall–Kier alpha value is -3.54. The number of halogens is 4. The molecule has 12 heteroatoms. The Morgan fingerprint density at radius 2 is 1.90 bits per heavy atom. The van der Waals surface area contributed by atoms with E-state index in [1.807, 2.05) is 6.26 Å². The minimum Gasteiger partial charge on any atom is -0.479 e. The van der Waals surface area contributed by atoms with Gasteiger partial charge in [-0.05, 0) is 54.5 Å². The fraction of sp³-hybridized carbons (Fsp3) is 0.370. The zero-order valence-electron chi connectivity index (χ0n) is 21.0. The third kappa shape index (κ3) is 6.05. The molecule has 0 saturated heterocycles. The lowest BCUT2D eigenvalue weighted by molar-refractivity contribution is -0.148. The number of H-pyrrole nitrogens is 1. The standard InChI is InChI=1S/C27H27F4N3O4S/c1-39-12-10-21(32-22(35)13-15-5-2-3-8-19(15)28)24(36)34-26(25(37)38)11-9-20-17(14-26)16-6-4-7-18(23(16)33-20)27(29,30)31/h2-8,21,33H,9-14H2,1H3,(H,32,35)(H,34,36)(H,37,38)/t21-,26+/m0/s1. The van der Waals surface area contributed by atoms with Gasteiger partial charge in [0.25, 0.3) is 0 Å². The summed E-state index contributed by atoms with van der Waals surface area (Å²) in [6.45, 7) is 0. The Kier molecular flexibility index (Phi) is 8.24. The highest BCUT2D eigenvalue weighted by Gasteiger charge is 2.45. The molecule has 1 aliphatic carbocycles. The van der Waals surface area contributed by atoms with E-state index in [4.69, 9.17) is 0 Å². The number of carboxylic acids is 1. The molecule has 0 bridgehead atoms. The van der Waals surface area contributed by atoms with E-state index in [-0.39, 0.29) is 48.6 Å². The van der Waals surface area contributed by atoms with Crippen molar-refractivity contribution in [2.24, 2.45) is 0 Å². The number of thioether (sulfide) groups is 1. The van der Waals surface area contributed by atoms with Gasteiger partial charge in [-0.1, -0.05) is 30.3 Å². The molecule has 1 aromatic heterocycles. The molecule has 2 amide bonds. The van der Waals surface area contributed by atoms with Gasteiger partial charge < -0.3 is 20.7 Å². The van der Waals surface area contributed by atoms with Crippen LogP contribution < -0.4 is 10.6 Å². The number of amides is 2. The van der Waals surface area contributed by atoms with Crippen LogP contribution in [0.2, 0.25) is 0 Å². The van der Waals surface area contributed by atoms with Crippen molar-refractivity contribution >= 4 is 40.4 Å². The molecule has 0 fully saturated rings. The van der Waals surface area contributed by atoms with E-state index < -0.39 is 46.9 Å². The zero-order valence-corrected chi connectivity index (χ0v) is 21.8. The van der Waals surface area contributed by atoms with E-state index in [0.29, 0.717) is 17.0 Å². The van der Waals surface area contributed by atoms with Crippen LogP contribution in [0.15, 0.2) is 42.5 Å². The number of rotatable bonds is 9. The van der Waals surface area contributed by atoms with Gasteiger partial charge in [-0.15, -0.1) is 0 Å². The van der Waals surface area contributed by atoms with E-state index in [1.165, 1.54) is 42.1 Å². The number of hydrogen-bond acceptors (Lipinski definition) is 4. The molecular weight excluding hydrogens is 538 g/mol. The van der Waals surface area contributed by atoms with E-state index in [9.17, 15) is 37.1 Å². The summed E-state index contributed by atoms with van der Waals surface area (Å²) in [4.78, 5) is 41.3. The lowest BCUT2D eigenvalue weighted by atomic mass is 9.79. The van der Waals surface area contributed by atoms with Crippen LogP contribution in [0.1, 0.15) is 35.2 Å². The van der Waals surface area contributed by atoms with Crippen molar-refractivity contribution in [3.8, 4) is 0 Å². The monoisotopic (exact) mass is 565 g/mol. The number of carbonyl (C=O) groups is 3. The number of carbonyl (C=O) groups excluding carboxylic acids is 2. The topological polar surface area (TPSA) is 111 Å². The van der Waals surface area contributed by atoms with Crippen molar-refractivity contribution in [2.45, 2.75) is 49.9 Å². The van der Waals surface area contributed by atoms with Crippen molar-refractivity contribution < 1.29 is 37.1 Å². The van der Waals surface area contributed by atoms with E-state index in [0.717, 1.165) is 6.07 Å². The molecule has 0 saturated carbocycles. The van der Waals surface area contributed by atoms with E-state index >= 15 is 0 Å². The lowest BCUT2D eigenvalue weighted by Gasteiger charge is -2.35. The number of aryl methyl sites for hydroxylation is 1. The summed E-state index contributed by atoms with van der Waals surface area (Å²) in [5, 5.41) is 15.6. The number of alkyl halides is 3. The molecule has 208 valence electrons. The SMILES string of the molecule is CSCC[C@H](NC(=O)Cc1ccccc1F)C(=O)N[C@]1(C(=O)O)CCc2[nH]c3c(C(F)(F)F)cccc3c2C1. The van der Waals surface area contributed by atoms with Crippen LogP contribution in [0.4, 0.5) is 17.6 Å². The predicted octanol–water partition coefficient (Wildman–Crippen LogP) is 4.23. The smallest absolute Gasteiger partial charge is 0.418 e. The summed E-state index contributed by atoms with van der Waals surface area (Å²) in [5.74, 6) is -2.75. The lowest BCUT2D eigenvalue weighted by Crippen LogP contribution is -2.61. The molecule has 1 aliphatic rings. The average molecular weight is 566 g/mol. The zero-order chi connectivity index (χ0) is 28.4. The Bertz CT molecular complexity index is 1410. The largest absolute Gasteiger partial charge is 0.479 e. The number of aliphatic carboxylic acids is 1. The van der Waals surface area contributed by atoms with Crippen LogP contribution in [0.3, 0.4) is 0 Å². The number of para-hydroxylation sites is 1. The highest BCUT2D eigenvalue weighted by Crippen LogP contribution is 2.40. The van der Waals surface area contributed by atoms with Gasteiger partial charge in [0.15, 0.2) is 0 Å². The molecule has 0 unspecified atom stereocenters. The maximum absolute atomic E-state index is 14.0. The van der Waals surface area contributed by atoms with Crippen LogP contribution in [0, 0.1) is 5.82 Å². The van der Waals surface area contributed by atoms with Gasteiger partial charge in [0.2, 0.25) is 11.8 Å². The number of nitrogens with one attached hydrogen (secondary N) is 3. The Labute approximate surface area is 225 Å². The maximum Gasteiger partial charge on any atom is 0.418 e. The summed E-state index contributed by atoms with van der Waals surface area (Å²) in [6, 6.07) is 8.37. The minimum atomic E-state index is -4.60. The fourth-order valence-corrected chi connectivity index (χ4v) is 5.41. The van der Waals surface area contributed by atoms with Gasteiger partial charge >= 0.3 is 12.1 Å². The number of aromatic amines is 1. The highest BCUT2D eigenvalue weighted by atomic mass is 32.2. The first-order chi connectivity index (χ1) is 18.4. The summed E-state index contributed by atoms with van der Waals surface area (Å²) < 4.78 is 54.7. The summed E-state index contributed by atoms with van der Waals surface area (Å²) >= 11 is 1.43. The van der Waals surface area contributed by atoms with Gasteiger partial charge in [0.1, 0.15) is 17.4 Å². The Morgan fingerprint density at radius 1 is 1.15 bits per heavy atom. The second kappa shape index (κ2) is 11.3. The fourth-order valence-electron chi connectivity index (χ4n) is 4.94. The van der Waals surface area contributed by atoms with Gasteiger partial charge in [-0.25, -0.2) is 9.18 Å². The number of carboxylic acid groups (broad SMARTS) is 1. The minimum absolute atomic E-state index is 0.0618. The third-order valence-corrected chi connectivity index (χ3v) is 7.60. The van der Waals surface area contributed by atoms with Gasteiger partial charge in [0.05, 0.1) is 17.5 Å². The van der Waals surface area contributed by atoms with Crippen molar-refractivity contribution in [3.05, 3.63) is 70.7 Å². The van der Waals surface area contributed by atoms with Crippen LogP contribution in [0.5, 0.6) is 0 Å². The second-order valence-electron chi connectivity index (χ2n) is 9.53. The van der Waals surface area contributed by atoms with Crippen molar-refractivity contribution in [2.75, 3.05) is 12.0 Å². The Balaban J connectivity index is 1.58. The first-order valence-electron chi connectivity index (χ1n) is 12.2. The van der Waals surface area contributed by atoms with Crippen LogP contribution >= 0.6 is 11.8 Å². The van der Waals surface area contributed by atoms with E-state index in [2.05, 4.69) is 15.6 Å². The van der Waals surface area contributed by atoms with Crippen LogP contribution in [-0.2, 0) is 39.8 Å². The molecule has 39 heavy (non-hydrogen) atoms. The summed E-state index contributed by atoms with van der Waals surface area (Å²) in [6.07, 6.45) is -3.10. The van der Waals surface area contributed by atoms with Crippen LogP contribution in [-0.4, -0.2) is 51.5 Å². The number of benzene rings is 2. The summed E-state index contributed by atoms with van der Waals surface area (Å²) in [5.41, 5.74) is -1.73. The van der Waals surface area contributed by atoms with Gasteiger partial charge in [-0.3, -0.25) is 9.59 Å². The molecule has 0 radical (unpaired) electrons. The Morgan fingerprint density at radius 3 is 2.56 bits per heavy atom. The number of fused-ring (bicyclic) bond motifs is 3. The first kappa shape index (κ1) is 28.5. The molecule has 7 nitrogen and oxygen atoms in total. The van der Waals surface area contributed by atoms with Gasteiger partial charge in [0, 0.05) is 17.5 Å². The molecule has 2 atom stereocenters. The number of aromatic nitrogens is 1. The van der Waals surface area contributed by atoms with Crippen LogP contribution in [0.25, 0.3) is 10.9 Å². The van der Waals surface area contributed by atoms with Crippen molar-refractivity contribution in [1.29, 1.82) is 0 Å². The first-order valence-corrected chi connectivity index (χ1v) is 13.6. The molecule has 1 heterocycles. The summed E-state index contributed by atoms with van der Waals surface area (Å²) in [7, 11) is 0. The number of hydrogen-bond donors (Lipinski definition) is 4. The molecular formula is C27H27F4N3O4S. The van der Waals surface area contributed by atoms with E-state index in [1.54, 1.807) is 6.07 Å². The molecule has 2 aromatic carbocycles. The van der Waals surface area contributed by atoms with Gasteiger partial charge in [-0.2, -0.15) is 24.9 Å². The van der Waals surface area contributed by atoms with Crippen molar-refractivity contribution in [3.63, 3.8) is 0 Å². The quantitative estimate of drug-likeness (QED) is 0.290. The normalized spacial score (nSPS) is 17.9. The molecule has 4 rings (SSSR count). The molecule has 3 aromatic rings. The molecule has 4 N–H and O–H groups in total. The highest BCUT2D eigenvalue weighted by molar-refractivity contribution is 7.98. The molecule has 0 spiro atoms.